The van der Waals surface area contributed by atoms with Crippen LogP contribution in [0.1, 0.15) is 0 Å². The largest absolute Gasteiger partial charge is 0.690 e. The van der Waals surface area contributed by atoms with E-state index in [9.17, 15) is 0 Å². The molecule has 0 aliphatic carbocycles. The van der Waals surface area contributed by atoms with Crippen LogP contribution in [0.2, 0.25) is 0 Å². The first-order chi connectivity index (χ1) is 7.79. The number of hydrogen-bond donors (Lipinski definition) is 0. The number of thiophene rings is 2. The van der Waals surface area contributed by atoms with E-state index >= 15 is 0 Å². The Balaban J connectivity index is 0.000000228. The number of halogens is 4. The van der Waals surface area contributed by atoms with Crippen LogP contribution in [0.15, 0.2) is 35.0 Å². The second-order valence-corrected chi connectivity index (χ2v) is 29.7. The van der Waals surface area contributed by atoms with Gasteiger partial charge in [-0.15, -0.1) is 0 Å². The van der Waals surface area contributed by atoms with Crippen molar-refractivity contribution in [3.63, 3.8) is 0 Å². The number of nitrogens with one attached hydrogen (secondary N) is 2. The van der Waals surface area contributed by atoms with Gasteiger partial charge in [-0.25, -0.2) is 0 Å². The average Bonchev–Trinajstić information content (AvgIpc) is 2.76. The molecule has 2 nitrogen and oxygen atoms in total. The van der Waals surface area contributed by atoms with Crippen molar-refractivity contribution in [1.82, 2.24) is 0 Å². The zero-order valence-electron chi connectivity index (χ0n) is 8.29. The molecule has 96 valence electrons. The molecule has 17 heavy (non-hydrogen) atoms. The predicted octanol–water partition coefficient (Wildman–Crippen LogP) is 7.24. The molecule has 2 aromatic rings. The fourth-order valence-electron chi connectivity index (χ4n) is 0.557. The normalized spacial score (nSPS) is 9.65. The minimum absolute atomic E-state index is 0.634. The fourth-order valence-corrected chi connectivity index (χ4v) is 1.48. The first-order valence-corrected chi connectivity index (χ1v) is 20.3. The van der Waals surface area contributed by atoms with Crippen LogP contribution in [0, 0.1) is 0 Å². The van der Waals surface area contributed by atoms with E-state index in [0.717, 1.165) is 0 Å². The van der Waals surface area contributed by atoms with Gasteiger partial charge in [0.05, 0.1) is 0 Å². The summed E-state index contributed by atoms with van der Waals surface area (Å²) in [5, 5.41) is 5.05. The smallest absolute Gasteiger partial charge is 0.0107 e. The third-order valence-corrected chi connectivity index (χ3v) is 2.41. The summed E-state index contributed by atoms with van der Waals surface area (Å²) in [6.07, 6.45) is 0. The molecule has 0 radical (unpaired) electrons. The van der Waals surface area contributed by atoms with Gasteiger partial charge in [-0.2, -0.15) is 22.7 Å². The summed E-state index contributed by atoms with van der Waals surface area (Å²) in [5.41, 5.74) is 13.8. The second kappa shape index (κ2) is 9.83. The van der Waals surface area contributed by atoms with Crippen LogP contribution < -0.4 is 0 Å². The molecule has 0 saturated heterocycles. The van der Waals surface area contributed by atoms with Gasteiger partial charge >= 0.3 is 49.6 Å². The van der Waals surface area contributed by atoms with Crippen molar-refractivity contribution in [3.05, 3.63) is 46.5 Å². The van der Waals surface area contributed by atoms with Crippen LogP contribution >= 0.6 is 58.4 Å². The van der Waals surface area contributed by atoms with Crippen molar-refractivity contribution < 1.29 is 0 Å². The Morgan fingerprint density at radius 2 is 1.12 bits per heavy atom. The van der Waals surface area contributed by atoms with E-state index in [1.165, 1.54) is 22.7 Å². The molecule has 9 heteroatoms. The van der Waals surface area contributed by atoms with Crippen molar-refractivity contribution in [1.29, 1.82) is 0 Å². The van der Waals surface area contributed by atoms with Crippen molar-refractivity contribution in [2.45, 2.75) is 0 Å². The van der Waals surface area contributed by atoms with Gasteiger partial charge < -0.3 is 11.5 Å². The Kier molecular flexibility index (Phi) is 10.4. The van der Waals surface area contributed by atoms with Gasteiger partial charge in [0.15, 0.2) is 0 Å². The maximum atomic E-state index is 6.89. The summed E-state index contributed by atoms with van der Waals surface area (Å²) in [4.78, 5) is 0. The fraction of sp³-hybridized carbons (Fsp3) is 0. The Labute approximate surface area is 127 Å². The van der Waals surface area contributed by atoms with Gasteiger partial charge in [-0.05, 0) is 10.8 Å². The van der Waals surface area contributed by atoms with Gasteiger partial charge in [0.1, 0.15) is 0 Å². The molecular weight excluding hydrogens is 449 g/mol. The van der Waals surface area contributed by atoms with E-state index in [4.69, 9.17) is 47.2 Å². The minimum Gasteiger partial charge on any atom is -0.690 e. The average molecular weight is 457 g/mol. The Morgan fingerprint density at radius 1 is 0.824 bits per heavy atom. The Bertz CT molecular complexity index is 336. The van der Waals surface area contributed by atoms with Crippen LogP contribution in [-0.4, -0.2) is 13.9 Å². The summed E-state index contributed by atoms with van der Waals surface area (Å²) < 4.78 is 0. The van der Waals surface area contributed by atoms with E-state index in [1.807, 2.05) is 22.9 Å². The van der Waals surface area contributed by atoms with Crippen molar-refractivity contribution in [2.24, 2.45) is 0 Å². The molecule has 0 fully saturated rings. The SMILES string of the molecule is [Cl][Sn]([Cl])([Cl])[Cl].[NH-]c1cccs1.[NH-]c1cccs1. The summed E-state index contributed by atoms with van der Waals surface area (Å²) >= 11 is -0.402. The van der Waals surface area contributed by atoms with Crippen LogP contribution in [0.25, 0.3) is 11.5 Å². The van der Waals surface area contributed by atoms with Crippen LogP contribution in [-0.2, 0) is 0 Å². The monoisotopic (exact) mass is 456 g/mol. The van der Waals surface area contributed by atoms with E-state index in [2.05, 4.69) is 0 Å². The number of rotatable bonds is 0. The quantitative estimate of drug-likeness (QED) is 0.375. The maximum Gasteiger partial charge on any atom is -0.0107 e. The van der Waals surface area contributed by atoms with Crippen LogP contribution in [0.5, 0.6) is 0 Å². The molecule has 0 unspecified atom stereocenters. The Morgan fingerprint density at radius 3 is 1.18 bits per heavy atom. The molecule has 0 aliphatic heterocycles. The topological polar surface area (TPSA) is 47.6 Å². The molecular formula is C8H8Cl4N2S2Sn-2. The molecule has 0 bridgehead atoms. The molecule has 0 aliphatic rings. The molecule has 2 heterocycles. The molecule has 0 saturated carbocycles. The first-order valence-electron chi connectivity index (χ1n) is 4.05. The second-order valence-electron chi connectivity index (χ2n) is 2.38. The Hall–Kier alpha value is 0.959. The molecule has 0 spiro atoms. The summed E-state index contributed by atoms with van der Waals surface area (Å²) in [7, 11) is 20.1. The molecule has 2 rings (SSSR count). The minimum atomic E-state index is -3.29. The standard InChI is InChI=1S/2C4H4NS.4ClH.Sn/c2*5-4-2-1-3-6-4;;;;;/h2*1-3,5H;4*1H;/q2*-1;;;;;+4/p-4. The van der Waals surface area contributed by atoms with Crippen molar-refractivity contribution >= 4 is 82.2 Å². The van der Waals surface area contributed by atoms with Crippen LogP contribution in [0.3, 0.4) is 0 Å². The zero-order chi connectivity index (χ0) is 13.3. The zero-order valence-corrected chi connectivity index (χ0v) is 15.8. The summed E-state index contributed by atoms with van der Waals surface area (Å²) in [6, 6.07) is 7.27. The molecule has 2 aromatic heterocycles. The van der Waals surface area contributed by atoms with Gasteiger partial charge in [0, 0.05) is 0 Å². The van der Waals surface area contributed by atoms with Crippen LogP contribution in [0.4, 0.5) is 10.0 Å². The van der Waals surface area contributed by atoms with Gasteiger partial charge in [0.2, 0.25) is 0 Å². The third kappa shape index (κ3) is 17.0. The third-order valence-electron chi connectivity index (χ3n) is 1.04. The number of hydrogen-bond acceptors (Lipinski definition) is 2. The predicted molar refractivity (Wildman–Crippen MR) is 85.8 cm³/mol. The summed E-state index contributed by atoms with van der Waals surface area (Å²) in [6.45, 7) is 0. The van der Waals surface area contributed by atoms with E-state index in [1.54, 1.807) is 12.1 Å². The van der Waals surface area contributed by atoms with Gasteiger partial charge in [0.25, 0.3) is 0 Å². The molecule has 0 amide bonds. The first kappa shape index (κ1) is 18.0. The molecule has 0 aromatic carbocycles. The van der Waals surface area contributed by atoms with Crippen molar-refractivity contribution in [3.8, 4) is 0 Å². The van der Waals surface area contributed by atoms with E-state index < -0.39 is 13.9 Å². The van der Waals surface area contributed by atoms with Gasteiger partial charge in [-0.1, -0.05) is 34.3 Å². The van der Waals surface area contributed by atoms with E-state index in [-0.39, 0.29) is 0 Å². The summed E-state index contributed by atoms with van der Waals surface area (Å²) in [5.74, 6) is 0. The molecule has 0 atom stereocenters. The van der Waals surface area contributed by atoms with E-state index in [0.29, 0.717) is 10.0 Å². The van der Waals surface area contributed by atoms with Gasteiger partial charge in [-0.3, -0.25) is 0 Å². The van der Waals surface area contributed by atoms with Crippen molar-refractivity contribution in [2.75, 3.05) is 0 Å². The maximum absolute atomic E-state index is 6.89. The molecule has 2 N–H and O–H groups in total.